The zero-order chi connectivity index (χ0) is 33.8. The van der Waals surface area contributed by atoms with E-state index in [0.29, 0.717) is 11.8 Å². The third-order valence-electron chi connectivity index (χ3n) is 8.41. The van der Waals surface area contributed by atoms with Gasteiger partial charge in [-0.25, -0.2) is 0 Å². The van der Waals surface area contributed by atoms with Crippen molar-refractivity contribution in [2.24, 2.45) is 11.8 Å². The second kappa shape index (κ2) is 15.4. The summed E-state index contributed by atoms with van der Waals surface area (Å²) in [6, 6.07) is 39.2. The minimum atomic E-state index is 0. The number of rotatable bonds is 7. The Labute approximate surface area is 304 Å². The fraction of sp³-hybridized carbons (Fsp3) is 0.279. The number of imidazole rings is 1. The van der Waals surface area contributed by atoms with Gasteiger partial charge in [0.05, 0.1) is 16.9 Å². The summed E-state index contributed by atoms with van der Waals surface area (Å²) in [5.41, 5.74) is 10.1. The van der Waals surface area contributed by atoms with E-state index in [9.17, 15) is 0 Å². The van der Waals surface area contributed by atoms with Crippen LogP contribution >= 0.6 is 0 Å². The van der Waals surface area contributed by atoms with Gasteiger partial charge in [-0.15, -0.1) is 35.9 Å². The van der Waals surface area contributed by atoms with Gasteiger partial charge in [-0.05, 0) is 59.4 Å². The van der Waals surface area contributed by atoms with Crippen LogP contribution in [0.15, 0.2) is 109 Å². The summed E-state index contributed by atoms with van der Waals surface area (Å²) in [7, 11) is 0. The van der Waals surface area contributed by atoms with Crippen molar-refractivity contribution in [2.75, 3.05) is 0 Å². The van der Waals surface area contributed by atoms with Gasteiger partial charge in [0.2, 0.25) is 0 Å². The van der Waals surface area contributed by atoms with Crippen molar-refractivity contribution in [1.82, 2.24) is 24.7 Å². The monoisotopic (exact) mass is 824 g/mol. The van der Waals surface area contributed by atoms with Crippen LogP contribution in [-0.2, 0) is 38.4 Å². The largest absolute Gasteiger partial charge is 0.573 e. The second-order valence-electron chi connectivity index (χ2n) is 14.4. The molecule has 0 N–H and O–H groups in total. The van der Waals surface area contributed by atoms with Crippen LogP contribution in [0.2, 0.25) is 0 Å². The molecule has 0 aliphatic heterocycles. The number of hydrogen-bond acceptors (Lipinski definition) is 3. The molecule has 0 unspecified atom stereocenters. The molecule has 7 aromatic rings. The number of hydrogen-bond donors (Lipinski definition) is 0. The van der Waals surface area contributed by atoms with Crippen LogP contribution in [0, 0.1) is 17.9 Å². The Morgan fingerprint density at radius 3 is 2.08 bits per heavy atom. The van der Waals surface area contributed by atoms with Crippen LogP contribution in [0.4, 0.5) is 0 Å². The quantitative estimate of drug-likeness (QED) is 0.150. The Bertz CT molecular complexity index is 2090. The summed E-state index contributed by atoms with van der Waals surface area (Å²) in [5.74, 6) is 2.09. The Kier molecular flexibility index (Phi) is 11.3. The molecule has 0 spiro atoms. The van der Waals surface area contributed by atoms with Crippen molar-refractivity contribution in [3.05, 3.63) is 132 Å². The van der Waals surface area contributed by atoms with Crippen LogP contribution in [0.25, 0.3) is 50.3 Å². The summed E-state index contributed by atoms with van der Waals surface area (Å²) in [5, 5.41) is 10.8. The Morgan fingerprint density at radius 1 is 0.776 bits per heavy atom. The molecule has 6 heteroatoms. The molecule has 49 heavy (non-hydrogen) atoms. The molecule has 4 aromatic carbocycles. The topological polar surface area (TPSA) is 57.7 Å². The van der Waals surface area contributed by atoms with E-state index < -0.39 is 0 Å². The number of nitrogens with zero attached hydrogens (tertiary/aromatic N) is 5. The Morgan fingerprint density at radius 2 is 1.47 bits per heavy atom. The smallest absolute Gasteiger partial charge is 0.0781 e. The van der Waals surface area contributed by atoms with E-state index in [1.807, 2.05) is 36.4 Å². The summed E-state index contributed by atoms with van der Waals surface area (Å²) in [4.78, 5) is 9.42. The van der Waals surface area contributed by atoms with E-state index >= 15 is 0 Å². The average Bonchev–Trinajstić information content (AvgIpc) is 3.72. The average molecular weight is 824 g/mol. The molecule has 7 rings (SSSR count). The molecule has 0 saturated carbocycles. The Hall–Kier alpha value is -4.38. The third kappa shape index (κ3) is 8.09. The number of aromatic nitrogens is 5. The maximum absolute atomic E-state index is 5.18. The third-order valence-corrected chi connectivity index (χ3v) is 8.41. The van der Waals surface area contributed by atoms with Crippen LogP contribution in [0.3, 0.4) is 0 Å². The molecular weight excluding hydrogens is 779 g/mol. The van der Waals surface area contributed by atoms with E-state index in [2.05, 4.69) is 141 Å². The molecule has 1 radical (unpaired) electrons. The molecule has 0 aliphatic rings. The van der Waals surface area contributed by atoms with Gasteiger partial charge in [0, 0.05) is 54.2 Å². The molecule has 0 atom stereocenters. The molecule has 0 bridgehead atoms. The van der Waals surface area contributed by atoms with E-state index in [4.69, 9.17) is 4.98 Å². The van der Waals surface area contributed by atoms with Gasteiger partial charge in [-0.1, -0.05) is 115 Å². The van der Waals surface area contributed by atoms with Gasteiger partial charge in [0.1, 0.15) is 0 Å². The van der Waals surface area contributed by atoms with Gasteiger partial charge >= 0.3 is 0 Å². The summed E-state index contributed by atoms with van der Waals surface area (Å²) in [6.07, 6.45) is 3.83. The molecule has 3 aromatic heterocycles. The van der Waals surface area contributed by atoms with Crippen molar-refractivity contribution in [3.8, 4) is 28.5 Å². The van der Waals surface area contributed by atoms with E-state index in [0.717, 1.165) is 46.8 Å². The van der Waals surface area contributed by atoms with E-state index in [-0.39, 0.29) is 25.5 Å². The fourth-order valence-corrected chi connectivity index (χ4v) is 6.21. The molecular formula is C43H45IrN5-2. The first-order valence-corrected chi connectivity index (χ1v) is 17.0. The summed E-state index contributed by atoms with van der Waals surface area (Å²) in [6.45, 7) is 15.6. The molecule has 3 heterocycles. The number of benzene rings is 4. The van der Waals surface area contributed by atoms with Crippen LogP contribution in [0.5, 0.6) is 0 Å². The standard InChI is InChI=1S/C31H31N2.C12H14N3.Ir/c1-21(2)19-25-14-10-15-26(20-22(3)4)29(25)33-30-27-16-9-8-11-23(27)17-18-28(30)32-31(33)24-12-6-5-7-13-24;1-12(2,3)11-8-10(14-15-11)9-6-4-5-7-13-9;/h5-12,14-18,21-22H,19-20H2,1-4H3;4-8H,1-3H3;/q2*-1;. The predicted molar refractivity (Wildman–Crippen MR) is 199 cm³/mol. The van der Waals surface area contributed by atoms with Crippen LogP contribution < -0.4 is 5.10 Å². The molecule has 5 nitrogen and oxygen atoms in total. The van der Waals surface area contributed by atoms with E-state index in [1.54, 1.807) is 6.20 Å². The molecule has 0 aliphatic carbocycles. The first-order chi connectivity index (χ1) is 23.1. The molecule has 0 fully saturated rings. The van der Waals surface area contributed by atoms with Crippen molar-refractivity contribution in [2.45, 2.75) is 66.7 Å². The van der Waals surface area contributed by atoms with Crippen LogP contribution in [-0.4, -0.2) is 19.6 Å². The maximum Gasteiger partial charge on any atom is 0.0781 e. The number of pyridine rings is 1. The van der Waals surface area contributed by atoms with Gasteiger partial charge in [0.25, 0.3) is 0 Å². The molecule has 0 saturated heterocycles. The van der Waals surface area contributed by atoms with Crippen molar-refractivity contribution in [1.29, 1.82) is 0 Å². The summed E-state index contributed by atoms with van der Waals surface area (Å²) < 4.78 is 2.43. The second-order valence-corrected chi connectivity index (χ2v) is 14.4. The number of fused-ring (bicyclic) bond motifs is 3. The summed E-state index contributed by atoms with van der Waals surface area (Å²) >= 11 is 0. The van der Waals surface area contributed by atoms with Gasteiger partial charge in [-0.2, -0.15) is 0 Å². The van der Waals surface area contributed by atoms with Crippen molar-refractivity contribution in [3.63, 3.8) is 0 Å². The molecule has 0 amide bonds. The minimum Gasteiger partial charge on any atom is -0.573 e. The Balaban J connectivity index is 0.000000246. The van der Waals surface area contributed by atoms with Gasteiger partial charge < -0.3 is 14.8 Å². The maximum atomic E-state index is 5.18. The molecule has 253 valence electrons. The SMILES string of the molecule is CC(C)(C)c1cc(-c2ccccn2)[n-]n1.CC(C)Cc1cccc(CC(C)C)c1-n1c(-c2[c-]cccc2)nc2ccc3ccccc3c21.[Ir]. The first-order valence-electron chi connectivity index (χ1n) is 17.0. The zero-order valence-corrected chi connectivity index (χ0v) is 31.9. The first kappa shape index (κ1) is 35.9. The minimum absolute atomic E-state index is 0. The van der Waals surface area contributed by atoms with Crippen LogP contribution in [0.1, 0.15) is 65.3 Å². The zero-order valence-electron chi connectivity index (χ0n) is 29.5. The van der Waals surface area contributed by atoms with E-state index in [1.165, 1.54) is 33.1 Å². The normalized spacial score (nSPS) is 11.5. The van der Waals surface area contributed by atoms with Gasteiger partial charge in [-0.3, -0.25) is 9.97 Å². The number of para-hydroxylation sites is 1. The van der Waals surface area contributed by atoms with Gasteiger partial charge in [0.15, 0.2) is 0 Å². The van der Waals surface area contributed by atoms with Crippen molar-refractivity contribution >= 4 is 21.8 Å². The fourth-order valence-electron chi connectivity index (χ4n) is 6.21. The predicted octanol–water partition coefficient (Wildman–Crippen LogP) is 10.4. The van der Waals surface area contributed by atoms with Crippen molar-refractivity contribution < 1.29 is 20.1 Å².